The number of carbonyl (C=O) groups is 3. The molecule has 4 amide bonds. The van der Waals surface area contributed by atoms with Gasteiger partial charge in [0.1, 0.15) is 11.3 Å². The summed E-state index contributed by atoms with van der Waals surface area (Å²) < 4.78 is 5.52. The minimum Gasteiger partial charge on any atom is -0.484 e. The Hall–Kier alpha value is -2.57. The van der Waals surface area contributed by atoms with Gasteiger partial charge in [0.15, 0.2) is 6.61 Å². The van der Waals surface area contributed by atoms with Gasteiger partial charge in [0, 0.05) is 0 Å². The van der Waals surface area contributed by atoms with Gasteiger partial charge in [-0.25, -0.2) is 4.79 Å². The van der Waals surface area contributed by atoms with Gasteiger partial charge in [0.2, 0.25) is 0 Å². The zero-order chi connectivity index (χ0) is 19.6. The number of nitrogens with zero attached hydrogens (tertiary/aromatic N) is 1. The maximum atomic E-state index is 12.6. The molecule has 1 spiro atoms. The molecule has 2 aliphatic rings. The molecule has 0 radical (unpaired) electrons. The highest BCUT2D eigenvalue weighted by Gasteiger charge is 2.52. The quantitative estimate of drug-likeness (QED) is 0.777. The first-order valence-electron chi connectivity index (χ1n) is 9.52. The highest BCUT2D eigenvalue weighted by atomic mass is 16.5. The van der Waals surface area contributed by atoms with Crippen molar-refractivity contribution in [1.82, 2.24) is 15.8 Å². The number of rotatable bonds is 5. The molecule has 1 aliphatic carbocycles. The van der Waals surface area contributed by atoms with Crippen molar-refractivity contribution in [2.75, 3.05) is 6.61 Å². The Morgan fingerprint density at radius 3 is 2.59 bits per heavy atom. The van der Waals surface area contributed by atoms with E-state index in [0.717, 1.165) is 29.8 Å². The fourth-order valence-corrected chi connectivity index (χ4v) is 3.91. The summed E-state index contributed by atoms with van der Waals surface area (Å²) in [6.45, 7) is 5.96. The average Bonchev–Trinajstić information content (AvgIpc) is 2.84. The molecule has 7 heteroatoms. The second kappa shape index (κ2) is 7.58. The number of hydrogen-bond acceptors (Lipinski definition) is 4. The number of imide groups is 1. The molecule has 3 rings (SSSR count). The molecular formula is C20H27N3O4. The topological polar surface area (TPSA) is 87.7 Å². The first kappa shape index (κ1) is 19.2. The fraction of sp³-hybridized carbons (Fsp3) is 0.550. The molecular weight excluding hydrogens is 346 g/mol. The molecule has 1 aliphatic heterocycles. The highest BCUT2D eigenvalue weighted by Crippen LogP contribution is 2.33. The number of amides is 4. The number of aryl methyl sites for hydroxylation is 1. The lowest BCUT2D eigenvalue weighted by Gasteiger charge is -2.30. The number of hydrazine groups is 1. The number of benzene rings is 1. The fourth-order valence-electron chi connectivity index (χ4n) is 3.91. The third kappa shape index (κ3) is 3.91. The summed E-state index contributed by atoms with van der Waals surface area (Å²) in [4.78, 5) is 37.0. The molecule has 0 unspecified atom stereocenters. The van der Waals surface area contributed by atoms with Gasteiger partial charge in [-0.15, -0.1) is 0 Å². The summed E-state index contributed by atoms with van der Waals surface area (Å²) in [6.07, 6.45) is 4.06. The molecule has 7 nitrogen and oxygen atoms in total. The number of ether oxygens (including phenoxy) is 1. The van der Waals surface area contributed by atoms with Crippen molar-refractivity contribution in [3.05, 3.63) is 29.3 Å². The van der Waals surface area contributed by atoms with Gasteiger partial charge in [0.25, 0.3) is 11.8 Å². The van der Waals surface area contributed by atoms with Crippen molar-refractivity contribution in [2.45, 2.75) is 64.3 Å². The smallest absolute Gasteiger partial charge is 0.344 e. The predicted octanol–water partition coefficient (Wildman–Crippen LogP) is 2.78. The van der Waals surface area contributed by atoms with Crippen LogP contribution in [0, 0.1) is 6.92 Å². The molecule has 27 heavy (non-hydrogen) atoms. The summed E-state index contributed by atoms with van der Waals surface area (Å²) in [5.41, 5.74) is 3.84. The van der Waals surface area contributed by atoms with E-state index in [1.165, 1.54) is 5.56 Å². The summed E-state index contributed by atoms with van der Waals surface area (Å²) >= 11 is 0. The van der Waals surface area contributed by atoms with Crippen LogP contribution in [0.5, 0.6) is 5.75 Å². The minimum atomic E-state index is -0.854. The molecule has 1 saturated heterocycles. The molecule has 1 saturated carbocycles. The highest BCUT2D eigenvalue weighted by molar-refractivity contribution is 6.08. The van der Waals surface area contributed by atoms with Crippen LogP contribution >= 0.6 is 0 Å². The lowest BCUT2D eigenvalue weighted by Crippen LogP contribution is -2.51. The maximum absolute atomic E-state index is 12.6. The zero-order valence-electron chi connectivity index (χ0n) is 16.1. The third-order valence-electron chi connectivity index (χ3n) is 5.34. The Kier molecular flexibility index (Phi) is 5.39. The second-order valence-electron chi connectivity index (χ2n) is 7.71. The van der Waals surface area contributed by atoms with Gasteiger partial charge < -0.3 is 10.1 Å². The number of carbonyl (C=O) groups excluding carboxylic acids is 3. The van der Waals surface area contributed by atoms with Crippen LogP contribution in [0.3, 0.4) is 0 Å². The lowest BCUT2D eigenvalue weighted by atomic mass is 9.82. The molecule has 1 heterocycles. The predicted molar refractivity (Wildman–Crippen MR) is 100 cm³/mol. The Balaban J connectivity index is 1.57. The Morgan fingerprint density at radius 2 is 1.96 bits per heavy atom. The number of nitrogens with one attached hydrogen (secondary N) is 2. The lowest BCUT2D eigenvalue weighted by molar-refractivity contribution is -0.140. The van der Waals surface area contributed by atoms with Crippen molar-refractivity contribution in [3.63, 3.8) is 0 Å². The van der Waals surface area contributed by atoms with E-state index >= 15 is 0 Å². The first-order chi connectivity index (χ1) is 12.8. The first-order valence-corrected chi connectivity index (χ1v) is 9.52. The molecule has 0 aromatic heterocycles. The van der Waals surface area contributed by atoms with Crippen molar-refractivity contribution in [3.8, 4) is 5.75 Å². The Labute approximate surface area is 159 Å². The van der Waals surface area contributed by atoms with Crippen LogP contribution in [0.2, 0.25) is 0 Å². The molecule has 1 aromatic carbocycles. The Morgan fingerprint density at radius 1 is 1.26 bits per heavy atom. The summed E-state index contributed by atoms with van der Waals surface area (Å²) in [6, 6.07) is 5.11. The summed E-state index contributed by atoms with van der Waals surface area (Å²) in [5.74, 6) is 0.0665. The molecule has 146 valence electrons. The van der Waals surface area contributed by atoms with Gasteiger partial charge >= 0.3 is 6.03 Å². The van der Waals surface area contributed by atoms with Crippen LogP contribution in [0.1, 0.15) is 63.0 Å². The average molecular weight is 373 g/mol. The van der Waals surface area contributed by atoms with E-state index in [9.17, 15) is 14.4 Å². The van der Waals surface area contributed by atoms with Crippen molar-refractivity contribution in [2.24, 2.45) is 0 Å². The van der Waals surface area contributed by atoms with Crippen molar-refractivity contribution >= 4 is 17.8 Å². The minimum absolute atomic E-state index is 0.273. The van der Waals surface area contributed by atoms with Crippen molar-refractivity contribution < 1.29 is 19.1 Å². The third-order valence-corrected chi connectivity index (χ3v) is 5.34. The second-order valence-corrected chi connectivity index (χ2v) is 7.71. The summed E-state index contributed by atoms with van der Waals surface area (Å²) in [5, 5.41) is 3.55. The standard InChI is InChI=1S/C20H27N3O4/c1-13(2)16-8-7-15(11-14(16)3)27-12-17(24)22-23-18(25)20(21-19(23)26)9-5-4-6-10-20/h7-8,11,13H,4-6,9-10,12H2,1-3H3,(H,21,26)(H,22,24). The normalized spacial score (nSPS) is 18.7. The largest absolute Gasteiger partial charge is 0.484 e. The van der Waals surface area contributed by atoms with E-state index in [1.807, 2.05) is 25.1 Å². The molecule has 2 N–H and O–H groups in total. The van der Waals surface area contributed by atoms with Crippen LogP contribution in [0.4, 0.5) is 4.79 Å². The van der Waals surface area contributed by atoms with E-state index in [2.05, 4.69) is 24.6 Å². The zero-order valence-corrected chi connectivity index (χ0v) is 16.1. The van der Waals surface area contributed by atoms with Crippen LogP contribution in [-0.2, 0) is 9.59 Å². The van der Waals surface area contributed by atoms with Crippen LogP contribution in [0.15, 0.2) is 18.2 Å². The van der Waals surface area contributed by atoms with E-state index in [1.54, 1.807) is 0 Å². The van der Waals surface area contributed by atoms with E-state index < -0.39 is 17.5 Å². The molecule has 0 bridgehead atoms. The number of hydrogen-bond donors (Lipinski definition) is 2. The van der Waals surface area contributed by atoms with Crippen LogP contribution in [0.25, 0.3) is 0 Å². The SMILES string of the molecule is Cc1cc(OCC(=O)NN2C(=O)NC3(CCCCC3)C2=O)ccc1C(C)C. The molecule has 0 atom stereocenters. The van der Waals surface area contributed by atoms with E-state index in [0.29, 0.717) is 24.5 Å². The monoisotopic (exact) mass is 373 g/mol. The molecule has 1 aromatic rings. The van der Waals surface area contributed by atoms with Crippen molar-refractivity contribution in [1.29, 1.82) is 0 Å². The summed E-state index contributed by atoms with van der Waals surface area (Å²) in [7, 11) is 0. The Bertz CT molecular complexity index is 754. The van der Waals surface area contributed by atoms with Gasteiger partial charge in [0.05, 0.1) is 0 Å². The van der Waals surface area contributed by atoms with Crippen LogP contribution in [-0.4, -0.2) is 35.0 Å². The number of urea groups is 1. The van der Waals surface area contributed by atoms with Crippen LogP contribution < -0.4 is 15.5 Å². The van der Waals surface area contributed by atoms with E-state index in [4.69, 9.17) is 4.74 Å². The maximum Gasteiger partial charge on any atom is 0.344 e. The van der Waals surface area contributed by atoms with Gasteiger partial charge in [-0.1, -0.05) is 39.2 Å². The van der Waals surface area contributed by atoms with Gasteiger partial charge in [-0.3, -0.25) is 15.0 Å². The van der Waals surface area contributed by atoms with Gasteiger partial charge in [-0.2, -0.15) is 5.01 Å². The van der Waals surface area contributed by atoms with Gasteiger partial charge in [-0.05, 0) is 48.9 Å². The van der Waals surface area contributed by atoms with E-state index in [-0.39, 0.29) is 12.5 Å². The molecule has 2 fully saturated rings.